The molecule has 1 fully saturated rings. The van der Waals surface area contributed by atoms with Gasteiger partial charge in [0.15, 0.2) is 0 Å². The second-order valence-electron chi connectivity index (χ2n) is 4.31. The lowest BCUT2D eigenvalue weighted by atomic mass is 10.1. The van der Waals surface area contributed by atoms with Crippen LogP contribution < -0.4 is 5.32 Å². The second-order valence-corrected chi connectivity index (χ2v) is 4.31. The zero-order chi connectivity index (χ0) is 11.4. The van der Waals surface area contributed by atoms with Gasteiger partial charge in [-0.05, 0) is 24.8 Å². The predicted molar refractivity (Wildman–Crippen MR) is 63.5 cm³/mol. The summed E-state index contributed by atoms with van der Waals surface area (Å²) >= 11 is 0. The van der Waals surface area contributed by atoms with E-state index >= 15 is 0 Å². The summed E-state index contributed by atoms with van der Waals surface area (Å²) < 4.78 is 0. The molecule has 0 amide bonds. The SMILES string of the molecule is O=[N+]([O-])c1ccccc1NCC1CCCC1. The number of benzene rings is 1. The maximum absolute atomic E-state index is 10.8. The number of nitro groups is 1. The van der Waals surface area contributed by atoms with Crippen molar-refractivity contribution in [3.05, 3.63) is 34.4 Å². The van der Waals surface area contributed by atoms with Crippen LogP contribution in [0.3, 0.4) is 0 Å². The van der Waals surface area contributed by atoms with Gasteiger partial charge in [-0.15, -0.1) is 0 Å². The lowest BCUT2D eigenvalue weighted by Crippen LogP contribution is -2.11. The number of nitro benzene ring substituents is 1. The van der Waals surface area contributed by atoms with Crippen molar-refractivity contribution in [3.63, 3.8) is 0 Å². The second kappa shape index (κ2) is 4.96. The quantitative estimate of drug-likeness (QED) is 0.626. The number of hydrogen-bond acceptors (Lipinski definition) is 3. The average Bonchev–Trinajstić information content (AvgIpc) is 2.79. The Balaban J connectivity index is 2.00. The largest absolute Gasteiger partial charge is 0.379 e. The van der Waals surface area contributed by atoms with Crippen LogP contribution in [0.4, 0.5) is 11.4 Å². The minimum atomic E-state index is -0.336. The Labute approximate surface area is 94.8 Å². The molecule has 0 aliphatic heterocycles. The Bertz CT molecular complexity index is 373. The third-order valence-corrected chi connectivity index (χ3v) is 3.16. The molecular formula is C12H16N2O2. The molecule has 2 rings (SSSR count). The van der Waals surface area contributed by atoms with Gasteiger partial charge in [0.05, 0.1) is 4.92 Å². The van der Waals surface area contributed by atoms with E-state index in [4.69, 9.17) is 0 Å². The number of anilines is 1. The number of hydrogen-bond donors (Lipinski definition) is 1. The van der Waals surface area contributed by atoms with E-state index in [2.05, 4.69) is 5.32 Å². The summed E-state index contributed by atoms with van der Waals surface area (Å²) in [7, 11) is 0. The maximum atomic E-state index is 10.8. The minimum Gasteiger partial charge on any atom is -0.379 e. The van der Waals surface area contributed by atoms with Crippen LogP contribution in [0.25, 0.3) is 0 Å². The van der Waals surface area contributed by atoms with Gasteiger partial charge in [0, 0.05) is 12.6 Å². The van der Waals surface area contributed by atoms with Gasteiger partial charge in [0.2, 0.25) is 0 Å². The van der Waals surface area contributed by atoms with Gasteiger partial charge in [-0.3, -0.25) is 10.1 Å². The first-order valence-electron chi connectivity index (χ1n) is 5.74. The molecule has 1 saturated carbocycles. The Morgan fingerprint density at radius 3 is 2.69 bits per heavy atom. The van der Waals surface area contributed by atoms with Crippen molar-refractivity contribution in [2.45, 2.75) is 25.7 Å². The van der Waals surface area contributed by atoms with Gasteiger partial charge >= 0.3 is 0 Å². The normalized spacial score (nSPS) is 16.2. The van der Waals surface area contributed by atoms with Crippen LogP contribution in [0.15, 0.2) is 24.3 Å². The van der Waals surface area contributed by atoms with E-state index in [1.54, 1.807) is 12.1 Å². The van der Waals surface area contributed by atoms with Gasteiger partial charge in [0.1, 0.15) is 5.69 Å². The highest BCUT2D eigenvalue weighted by atomic mass is 16.6. The average molecular weight is 220 g/mol. The van der Waals surface area contributed by atoms with E-state index in [1.807, 2.05) is 6.07 Å². The molecule has 4 nitrogen and oxygen atoms in total. The van der Waals surface area contributed by atoms with Crippen LogP contribution in [-0.2, 0) is 0 Å². The van der Waals surface area contributed by atoms with E-state index < -0.39 is 0 Å². The van der Waals surface area contributed by atoms with Gasteiger partial charge in [-0.2, -0.15) is 0 Å². The third-order valence-electron chi connectivity index (χ3n) is 3.16. The van der Waals surface area contributed by atoms with Crippen molar-refractivity contribution >= 4 is 11.4 Å². The lowest BCUT2D eigenvalue weighted by Gasteiger charge is -2.11. The monoisotopic (exact) mass is 220 g/mol. The summed E-state index contributed by atoms with van der Waals surface area (Å²) in [5, 5.41) is 14.0. The molecule has 0 heterocycles. The zero-order valence-corrected chi connectivity index (χ0v) is 9.19. The molecule has 1 aliphatic carbocycles. The van der Waals surface area contributed by atoms with Crippen molar-refractivity contribution in [3.8, 4) is 0 Å². The predicted octanol–water partition coefficient (Wildman–Crippen LogP) is 3.20. The van der Waals surface area contributed by atoms with Gasteiger partial charge in [0.25, 0.3) is 5.69 Å². The number of nitrogens with one attached hydrogen (secondary N) is 1. The lowest BCUT2D eigenvalue weighted by molar-refractivity contribution is -0.384. The smallest absolute Gasteiger partial charge is 0.292 e. The molecule has 0 aromatic heterocycles. The number of rotatable bonds is 4. The standard InChI is InChI=1S/C12H16N2O2/c15-14(16)12-8-4-3-7-11(12)13-9-10-5-1-2-6-10/h3-4,7-8,10,13H,1-2,5-6,9H2. The first-order valence-corrected chi connectivity index (χ1v) is 5.74. The topological polar surface area (TPSA) is 55.2 Å². The highest BCUT2D eigenvalue weighted by Gasteiger charge is 2.17. The van der Waals surface area contributed by atoms with E-state index in [0.29, 0.717) is 11.6 Å². The maximum Gasteiger partial charge on any atom is 0.292 e. The summed E-state index contributed by atoms with van der Waals surface area (Å²) in [5.74, 6) is 0.680. The summed E-state index contributed by atoms with van der Waals surface area (Å²) in [4.78, 5) is 10.4. The van der Waals surface area contributed by atoms with E-state index in [-0.39, 0.29) is 10.6 Å². The van der Waals surface area contributed by atoms with Crippen molar-refractivity contribution in [1.29, 1.82) is 0 Å². The van der Waals surface area contributed by atoms with Crippen molar-refractivity contribution in [2.24, 2.45) is 5.92 Å². The zero-order valence-electron chi connectivity index (χ0n) is 9.19. The third kappa shape index (κ3) is 2.51. The van der Waals surface area contributed by atoms with Crippen LogP contribution in [-0.4, -0.2) is 11.5 Å². The van der Waals surface area contributed by atoms with Crippen LogP contribution in [0.1, 0.15) is 25.7 Å². The van der Waals surface area contributed by atoms with Crippen molar-refractivity contribution in [2.75, 3.05) is 11.9 Å². The van der Waals surface area contributed by atoms with Crippen LogP contribution in [0.2, 0.25) is 0 Å². The molecule has 0 unspecified atom stereocenters. The fraction of sp³-hybridized carbons (Fsp3) is 0.500. The molecule has 16 heavy (non-hydrogen) atoms. The highest BCUT2D eigenvalue weighted by molar-refractivity contribution is 5.61. The fourth-order valence-corrected chi connectivity index (χ4v) is 2.25. The minimum absolute atomic E-state index is 0.167. The molecule has 0 radical (unpaired) electrons. The molecule has 86 valence electrons. The van der Waals surface area contributed by atoms with E-state index in [1.165, 1.54) is 31.7 Å². The molecule has 0 saturated heterocycles. The number of para-hydroxylation sites is 2. The molecule has 1 aliphatic rings. The van der Waals surface area contributed by atoms with Gasteiger partial charge in [-0.1, -0.05) is 25.0 Å². The highest BCUT2D eigenvalue weighted by Crippen LogP contribution is 2.27. The molecule has 0 bridgehead atoms. The van der Waals surface area contributed by atoms with Crippen molar-refractivity contribution in [1.82, 2.24) is 0 Å². The van der Waals surface area contributed by atoms with E-state index in [0.717, 1.165) is 6.54 Å². The Hall–Kier alpha value is -1.58. The Kier molecular flexibility index (Phi) is 3.39. The Morgan fingerprint density at radius 2 is 2.00 bits per heavy atom. The number of nitrogens with zero attached hydrogens (tertiary/aromatic N) is 1. The molecule has 1 aromatic rings. The fourth-order valence-electron chi connectivity index (χ4n) is 2.25. The molecule has 1 aromatic carbocycles. The van der Waals surface area contributed by atoms with Crippen LogP contribution in [0.5, 0.6) is 0 Å². The van der Waals surface area contributed by atoms with Crippen LogP contribution in [0, 0.1) is 16.0 Å². The summed E-state index contributed by atoms with van der Waals surface area (Å²) in [5.41, 5.74) is 0.805. The summed E-state index contributed by atoms with van der Waals surface area (Å²) in [6, 6.07) is 6.83. The first-order chi connectivity index (χ1) is 7.77. The molecule has 1 N–H and O–H groups in total. The van der Waals surface area contributed by atoms with Gasteiger partial charge < -0.3 is 5.32 Å². The van der Waals surface area contributed by atoms with Gasteiger partial charge in [-0.25, -0.2) is 0 Å². The molecule has 0 atom stereocenters. The Morgan fingerprint density at radius 1 is 1.31 bits per heavy atom. The van der Waals surface area contributed by atoms with E-state index in [9.17, 15) is 10.1 Å². The van der Waals surface area contributed by atoms with Crippen molar-refractivity contribution < 1.29 is 4.92 Å². The molecular weight excluding hydrogens is 204 g/mol. The molecule has 0 spiro atoms. The van der Waals surface area contributed by atoms with Crippen LogP contribution >= 0.6 is 0 Å². The summed E-state index contributed by atoms with van der Waals surface area (Å²) in [6.07, 6.45) is 5.08. The summed E-state index contributed by atoms with van der Waals surface area (Å²) in [6.45, 7) is 0.852. The first kappa shape index (κ1) is 10.9. The molecule has 4 heteroatoms.